The predicted molar refractivity (Wildman–Crippen MR) is 61.5 cm³/mol. The van der Waals surface area contributed by atoms with Crippen LogP contribution in [0.25, 0.3) is 0 Å². The van der Waals surface area contributed by atoms with Crippen LogP contribution in [-0.4, -0.2) is 32.0 Å². The molecule has 0 radical (unpaired) electrons. The third-order valence-electron chi connectivity index (χ3n) is 3.11. The van der Waals surface area contributed by atoms with Gasteiger partial charge in [0.25, 0.3) is 0 Å². The average Bonchev–Trinajstić information content (AvgIpc) is 2.79. The van der Waals surface area contributed by atoms with Crippen molar-refractivity contribution in [2.45, 2.75) is 18.3 Å². The highest BCUT2D eigenvalue weighted by atomic mass is 19.4. The first kappa shape index (κ1) is 13.2. The Hall–Kier alpha value is -1.27. The molecule has 0 amide bonds. The van der Waals surface area contributed by atoms with E-state index in [0.29, 0.717) is 24.4 Å². The average molecular weight is 260 g/mol. The minimum Gasteiger partial charge on any atom is -0.496 e. The maximum absolute atomic E-state index is 13.2. The lowest BCUT2D eigenvalue weighted by molar-refractivity contribution is -0.199. The molecule has 1 heterocycles. The lowest BCUT2D eigenvalue weighted by atomic mass is 9.99. The number of ether oxygens (including phenoxy) is 1. The Labute approximate surface area is 103 Å². The van der Waals surface area contributed by atoms with E-state index in [1.165, 1.54) is 7.11 Å². The summed E-state index contributed by atoms with van der Waals surface area (Å²) in [5.74, 6) is 0.469. The summed E-state index contributed by atoms with van der Waals surface area (Å²) >= 11 is 0. The van der Waals surface area contributed by atoms with Crippen LogP contribution in [0.3, 0.4) is 0 Å². The van der Waals surface area contributed by atoms with Gasteiger partial charge in [-0.05, 0) is 11.6 Å². The van der Waals surface area contributed by atoms with Crippen molar-refractivity contribution in [2.75, 3.05) is 20.2 Å². The summed E-state index contributed by atoms with van der Waals surface area (Å²) < 4.78 is 44.6. The fourth-order valence-corrected chi connectivity index (χ4v) is 2.17. The molecule has 1 aromatic carbocycles. The van der Waals surface area contributed by atoms with E-state index in [2.05, 4.69) is 10.6 Å². The molecule has 18 heavy (non-hydrogen) atoms. The van der Waals surface area contributed by atoms with Crippen LogP contribution in [-0.2, 0) is 6.42 Å². The number of hydrogen-bond acceptors (Lipinski definition) is 3. The minimum absolute atomic E-state index is 0.194. The summed E-state index contributed by atoms with van der Waals surface area (Å²) in [6.07, 6.45) is -4.55. The molecule has 0 unspecified atom stereocenters. The fourth-order valence-electron chi connectivity index (χ4n) is 2.17. The number of nitrogens with one attached hydrogen (secondary N) is 2. The molecule has 0 saturated carbocycles. The van der Waals surface area contributed by atoms with E-state index in [0.717, 1.165) is 0 Å². The van der Waals surface area contributed by atoms with Gasteiger partial charge in [0.1, 0.15) is 5.75 Å². The van der Waals surface area contributed by atoms with Crippen molar-refractivity contribution in [1.82, 2.24) is 10.6 Å². The van der Waals surface area contributed by atoms with E-state index in [1.807, 2.05) is 0 Å². The van der Waals surface area contributed by atoms with Crippen molar-refractivity contribution in [3.8, 4) is 5.75 Å². The zero-order valence-corrected chi connectivity index (χ0v) is 9.97. The van der Waals surface area contributed by atoms with Gasteiger partial charge in [-0.2, -0.15) is 13.2 Å². The smallest absolute Gasteiger partial charge is 0.420 e. The first-order valence-corrected chi connectivity index (χ1v) is 5.67. The first-order chi connectivity index (χ1) is 8.48. The van der Waals surface area contributed by atoms with Crippen molar-refractivity contribution in [2.24, 2.45) is 0 Å². The SMILES string of the molecule is COc1ccccc1CC1(C(F)(F)F)NCCN1. The van der Waals surface area contributed by atoms with Crippen LogP contribution in [0.5, 0.6) is 5.75 Å². The molecule has 1 aliphatic heterocycles. The lowest BCUT2D eigenvalue weighted by Gasteiger charge is -2.32. The Balaban J connectivity index is 2.30. The second-order valence-electron chi connectivity index (χ2n) is 4.25. The van der Waals surface area contributed by atoms with Crippen LogP contribution in [0, 0.1) is 0 Å². The van der Waals surface area contributed by atoms with Crippen molar-refractivity contribution >= 4 is 0 Å². The molecule has 2 rings (SSSR count). The monoisotopic (exact) mass is 260 g/mol. The van der Waals surface area contributed by atoms with Crippen LogP contribution >= 0.6 is 0 Å². The van der Waals surface area contributed by atoms with Gasteiger partial charge < -0.3 is 4.74 Å². The standard InChI is InChI=1S/C12H15F3N2O/c1-18-10-5-3-2-4-9(10)8-11(12(13,14)15)16-6-7-17-11/h2-5,16-17H,6-8H2,1H3. The van der Waals surface area contributed by atoms with Gasteiger partial charge in [-0.3, -0.25) is 10.6 Å². The molecule has 1 fully saturated rings. The molecule has 0 aromatic heterocycles. The van der Waals surface area contributed by atoms with Crippen molar-refractivity contribution in [1.29, 1.82) is 0 Å². The summed E-state index contributed by atoms with van der Waals surface area (Å²) in [6.45, 7) is 0.601. The van der Waals surface area contributed by atoms with E-state index < -0.39 is 11.8 Å². The molecule has 1 aliphatic rings. The van der Waals surface area contributed by atoms with Gasteiger partial charge in [-0.25, -0.2) is 0 Å². The number of alkyl halides is 3. The molecule has 0 atom stereocenters. The minimum atomic E-state index is -4.36. The van der Waals surface area contributed by atoms with Crippen molar-refractivity contribution in [3.63, 3.8) is 0 Å². The Kier molecular flexibility index (Phi) is 3.49. The number of methoxy groups -OCH3 is 1. The van der Waals surface area contributed by atoms with Gasteiger partial charge in [0.2, 0.25) is 0 Å². The topological polar surface area (TPSA) is 33.3 Å². The van der Waals surface area contributed by atoms with Gasteiger partial charge >= 0.3 is 6.18 Å². The van der Waals surface area contributed by atoms with Gasteiger partial charge in [0, 0.05) is 19.5 Å². The number of hydrogen-bond donors (Lipinski definition) is 2. The highest BCUT2D eigenvalue weighted by molar-refractivity contribution is 5.35. The normalized spacial score (nSPS) is 18.9. The van der Waals surface area contributed by atoms with Crippen LogP contribution < -0.4 is 15.4 Å². The molecular formula is C12H15F3N2O. The number of benzene rings is 1. The summed E-state index contributed by atoms with van der Waals surface area (Å²) in [4.78, 5) is 0. The Morgan fingerprint density at radius 1 is 1.22 bits per heavy atom. The van der Waals surface area contributed by atoms with Gasteiger partial charge in [0.15, 0.2) is 5.66 Å². The molecule has 0 bridgehead atoms. The molecule has 1 saturated heterocycles. The summed E-state index contributed by atoms with van der Waals surface area (Å²) in [7, 11) is 1.45. The summed E-state index contributed by atoms with van der Waals surface area (Å²) in [5.41, 5.74) is -1.53. The molecule has 1 aromatic rings. The van der Waals surface area contributed by atoms with E-state index in [-0.39, 0.29) is 6.42 Å². The van der Waals surface area contributed by atoms with Crippen LogP contribution in [0.1, 0.15) is 5.56 Å². The third kappa shape index (κ3) is 2.30. The molecule has 2 N–H and O–H groups in total. The molecule has 0 spiro atoms. The first-order valence-electron chi connectivity index (χ1n) is 5.67. The highest BCUT2D eigenvalue weighted by Crippen LogP contribution is 2.34. The van der Waals surface area contributed by atoms with E-state index >= 15 is 0 Å². The van der Waals surface area contributed by atoms with Crippen LogP contribution in [0.15, 0.2) is 24.3 Å². The predicted octanol–water partition coefficient (Wildman–Crippen LogP) is 1.69. The molecule has 6 heteroatoms. The molecule has 3 nitrogen and oxygen atoms in total. The highest BCUT2D eigenvalue weighted by Gasteiger charge is 2.56. The number of halogens is 3. The quantitative estimate of drug-likeness (QED) is 0.867. The second kappa shape index (κ2) is 4.78. The Morgan fingerprint density at radius 3 is 2.39 bits per heavy atom. The molecule has 0 aliphatic carbocycles. The maximum atomic E-state index is 13.2. The number of rotatable bonds is 3. The largest absolute Gasteiger partial charge is 0.496 e. The van der Waals surface area contributed by atoms with E-state index in [9.17, 15) is 13.2 Å². The van der Waals surface area contributed by atoms with Crippen LogP contribution in [0.4, 0.5) is 13.2 Å². The molecule has 100 valence electrons. The third-order valence-corrected chi connectivity index (χ3v) is 3.11. The summed E-state index contributed by atoms with van der Waals surface area (Å²) in [6, 6.07) is 6.75. The Morgan fingerprint density at radius 2 is 1.83 bits per heavy atom. The fraction of sp³-hybridized carbons (Fsp3) is 0.500. The van der Waals surface area contributed by atoms with E-state index in [1.54, 1.807) is 24.3 Å². The van der Waals surface area contributed by atoms with Gasteiger partial charge in [-0.15, -0.1) is 0 Å². The Bertz CT molecular complexity index is 414. The second-order valence-corrected chi connectivity index (χ2v) is 4.25. The van der Waals surface area contributed by atoms with Crippen LogP contribution in [0.2, 0.25) is 0 Å². The lowest BCUT2D eigenvalue weighted by Crippen LogP contribution is -2.62. The van der Waals surface area contributed by atoms with E-state index in [4.69, 9.17) is 4.74 Å². The van der Waals surface area contributed by atoms with Crippen molar-refractivity contribution < 1.29 is 17.9 Å². The zero-order valence-electron chi connectivity index (χ0n) is 9.97. The van der Waals surface area contributed by atoms with Gasteiger partial charge in [-0.1, -0.05) is 18.2 Å². The maximum Gasteiger partial charge on any atom is 0.420 e. The molecular weight excluding hydrogens is 245 g/mol. The number of para-hydroxylation sites is 1. The van der Waals surface area contributed by atoms with Crippen molar-refractivity contribution in [3.05, 3.63) is 29.8 Å². The van der Waals surface area contributed by atoms with Gasteiger partial charge in [0.05, 0.1) is 7.11 Å². The summed E-state index contributed by atoms with van der Waals surface area (Å²) in [5, 5.41) is 5.04. The zero-order chi connectivity index (χ0) is 13.2.